The molecule has 2 unspecified atom stereocenters. The Morgan fingerprint density at radius 1 is 1.21 bits per heavy atom. The van der Waals surface area contributed by atoms with Crippen LogP contribution in [0.25, 0.3) is 0 Å². The van der Waals surface area contributed by atoms with Gasteiger partial charge >= 0.3 is 0 Å². The van der Waals surface area contributed by atoms with Crippen LogP contribution < -0.4 is 10.6 Å². The molecule has 2 N–H and O–H groups in total. The Labute approximate surface area is 143 Å². The SMILES string of the molecule is CC(C(=O)N1CCC(CN)C1)N1CCN(c2ccc(F)cc2)CC1. The number of hydrogen-bond acceptors (Lipinski definition) is 4. The fourth-order valence-corrected chi connectivity index (χ4v) is 3.66. The average molecular weight is 334 g/mol. The molecule has 0 aliphatic carbocycles. The van der Waals surface area contributed by atoms with Crippen molar-refractivity contribution in [1.82, 2.24) is 9.80 Å². The number of nitrogens with zero attached hydrogens (tertiary/aromatic N) is 3. The van der Waals surface area contributed by atoms with Crippen LogP contribution in [0.15, 0.2) is 24.3 Å². The van der Waals surface area contributed by atoms with Crippen LogP contribution in [0.3, 0.4) is 0 Å². The van der Waals surface area contributed by atoms with E-state index in [-0.39, 0.29) is 17.8 Å². The van der Waals surface area contributed by atoms with Crippen molar-refractivity contribution in [2.24, 2.45) is 11.7 Å². The summed E-state index contributed by atoms with van der Waals surface area (Å²) in [6.07, 6.45) is 1.02. The molecule has 0 radical (unpaired) electrons. The summed E-state index contributed by atoms with van der Waals surface area (Å²) in [6, 6.07) is 6.54. The van der Waals surface area contributed by atoms with Gasteiger partial charge in [0.05, 0.1) is 6.04 Å². The molecule has 0 bridgehead atoms. The molecule has 3 rings (SSSR count). The van der Waals surface area contributed by atoms with E-state index in [1.54, 1.807) is 0 Å². The number of rotatable bonds is 4. The minimum atomic E-state index is -0.210. The first-order chi connectivity index (χ1) is 11.6. The fraction of sp³-hybridized carbons (Fsp3) is 0.611. The number of amides is 1. The second-order valence-corrected chi connectivity index (χ2v) is 6.85. The molecule has 2 fully saturated rings. The molecular weight excluding hydrogens is 307 g/mol. The van der Waals surface area contributed by atoms with Gasteiger partial charge in [0, 0.05) is 45.0 Å². The van der Waals surface area contributed by atoms with Crippen LogP contribution in [0.1, 0.15) is 13.3 Å². The van der Waals surface area contributed by atoms with E-state index in [9.17, 15) is 9.18 Å². The van der Waals surface area contributed by atoms with E-state index >= 15 is 0 Å². The predicted molar refractivity (Wildman–Crippen MR) is 93.4 cm³/mol. The number of piperazine rings is 1. The Bertz CT molecular complexity index is 557. The molecule has 132 valence electrons. The van der Waals surface area contributed by atoms with Crippen LogP contribution in [-0.4, -0.2) is 67.6 Å². The van der Waals surface area contributed by atoms with Crippen LogP contribution in [0.2, 0.25) is 0 Å². The summed E-state index contributed by atoms with van der Waals surface area (Å²) in [7, 11) is 0. The first-order valence-corrected chi connectivity index (χ1v) is 8.82. The van der Waals surface area contributed by atoms with Gasteiger partial charge in [-0.2, -0.15) is 0 Å². The molecule has 1 aromatic carbocycles. The lowest BCUT2D eigenvalue weighted by atomic mass is 10.1. The van der Waals surface area contributed by atoms with E-state index < -0.39 is 0 Å². The Kier molecular flexibility index (Phi) is 5.36. The van der Waals surface area contributed by atoms with Gasteiger partial charge in [0.1, 0.15) is 5.82 Å². The van der Waals surface area contributed by atoms with Gasteiger partial charge in [0.25, 0.3) is 0 Å². The maximum absolute atomic E-state index is 13.0. The van der Waals surface area contributed by atoms with Gasteiger partial charge in [-0.1, -0.05) is 0 Å². The molecule has 1 aromatic rings. The first kappa shape index (κ1) is 17.2. The lowest BCUT2D eigenvalue weighted by Crippen LogP contribution is -2.54. The van der Waals surface area contributed by atoms with Gasteiger partial charge < -0.3 is 15.5 Å². The minimum absolute atomic E-state index is 0.0862. The van der Waals surface area contributed by atoms with Crippen molar-refractivity contribution in [2.45, 2.75) is 19.4 Å². The smallest absolute Gasteiger partial charge is 0.239 e. The highest BCUT2D eigenvalue weighted by Gasteiger charge is 2.32. The highest BCUT2D eigenvalue weighted by molar-refractivity contribution is 5.81. The molecule has 2 saturated heterocycles. The van der Waals surface area contributed by atoms with Gasteiger partial charge in [-0.05, 0) is 50.1 Å². The van der Waals surface area contributed by atoms with E-state index in [2.05, 4.69) is 9.80 Å². The molecule has 0 spiro atoms. The maximum Gasteiger partial charge on any atom is 0.239 e. The normalized spacial score (nSPS) is 23.5. The van der Waals surface area contributed by atoms with E-state index in [1.165, 1.54) is 12.1 Å². The summed E-state index contributed by atoms with van der Waals surface area (Å²) in [4.78, 5) is 19.1. The van der Waals surface area contributed by atoms with Crippen molar-refractivity contribution >= 4 is 11.6 Å². The Balaban J connectivity index is 1.52. The largest absolute Gasteiger partial charge is 0.369 e. The number of halogens is 1. The summed E-state index contributed by atoms with van der Waals surface area (Å²) >= 11 is 0. The van der Waals surface area contributed by atoms with Crippen molar-refractivity contribution < 1.29 is 9.18 Å². The highest BCUT2D eigenvalue weighted by Crippen LogP contribution is 2.20. The summed E-state index contributed by atoms with van der Waals surface area (Å²) < 4.78 is 13.0. The molecule has 2 atom stereocenters. The van der Waals surface area contributed by atoms with Crippen LogP contribution in [0.4, 0.5) is 10.1 Å². The second kappa shape index (κ2) is 7.49. The van der Waals surface area contributed by atoms with Gasteiger partial charge in [-0.3, -0.25) is 9.69 Å². The van der Waals surface area contributed by atoms with E-state index in [1.807, 2.05) is 24.0 Å². The topological polar surface area (TPSA) is 52.8 Å². The minimum Gasteiger partial charge on any atom is -0.369 e. The molecule has 0 aromatic heterocycles. The van der Waals surface area contributed by atoms with Gasteiger partial charge in [0.15, 0.2) is 0 Å². The van der Waals surface area contributed by atoms with E-state index in [4.69, 9.17) is 5.73 Å². The third-order valence-electron chi connectivity index (χ3n) is 5.34. The molecule has 0 saturated carbocycles. The van der Waals surface area contributed by atoms with Crippen molar-refractivity contribution in [3.8, 4) is 0 Å². The summed E-state index contributed by atoms with van der Waals surface area (Å²) in [5.41, 5.74) is 6.76. The lowest BCUT2D eigenvalue weighted by molar-refractivity contribution is -0.135. The maximum atomic E-state index is 13.0. The second-order valence-electron chi connectivity index (χ2n) is 6.85. The fourth-order valence-electron chi connectivity index (χ4n) is 3.66. The van der Waals surface area contributed by atoms with Crippen LogP contribution in [0, 0.1) is 11.7 Å². The standard InChI is InChI=1S/C18H27FN4O/c1-14(18(24)23-7-6-15(12-20)13-23)21-8-10-22(11-9-21)17-4-2-16(19)3-5-17/h2-5,14-15H,6-13,20H2,1H3. The zero-order valence-electron chi connectivity index (χ0n) is 14.3. The van der Waals surface area contributed by atoms with Gasteiger partial charge in [0.2, 0.25) is 5.91 Å². The van der Waals surface area contributed by atoms with E-state index in [0.29, 0.717) is 12.5 Å². The number of anilines is 1. The predicted octanol–water partition coefficient (Wildman–Crippen LogP) is 1.14. The Morgan fingerprint density at radius 3 is 2.46 bits per heavy atom. The number of hydrogen-bond donors (Lipinski definition) is 1. The number of carbonyl (C=O) groups excluding carboxylic acids is 1. The first-order valence-electron chi connectivity index (χ1n) is 8.82. The van der Waals surface area contributed by atoms with Crippen molar-refractivity contribution in [3.63, 3.8) is 0 Å². The molecule has 5 nitrogen and oxygen atoms in total. The quantitative estimate of drug-likeness (QED) is 0.897. The number of nitrogens with two attached hydrogens (primary N) is 1. The van der Waals surface area contributed by atoms with Crippen LogP contribution in [0.5, 0.6) is 0 Å². The van der Waals surface area contributed by atoms with Crippen molar-refractivity contribution in [3.05, 3.63) is 30.1 Å². The highest BCUT2D eigenvalue weighted by atomic mass is 19.1. The number of benzene rings is 1. The molecule has 2 aliphatic heterocycles. The average Bonchev–Trinajstić information content (AvgIpc) is 3.10. The van der Waals surface area contributed by atoms with Crippen LogP contribution >= 0.6 is 0 Å². The molecule has 2 heterocycles. The zero-order valence-corrected chi connectivity index (χ0v) is 14.3. The lowest BCUT2D eigenvalue weighted by Gasteiger charge is -2.39. The van der Waals surface area contributed by atoms with Gasteiger partial charge in [-0.25, -0.2) is 4.39 Å². The molecule has 24 heavy (non-hydrogen) atoms. The summed E-state index contributed by atoms with van der Waals surface area (Å²) in [5.74, 6) is 0.468. The van der Waals surface area contributed by atoms with Crippen molar-refractivity contribution in [2.75, 3.05) is 50.7 Å². The van der Waals surface area contributed by atoms with Crippen molar-refractivity contribution in [1.29, 1.82) is 0 Å². The number of carbonyl (C=O) groups is 1. The molecular formula is C18H27FN4O. The zero-order chi connectivity index (χ0) is 17.1. The molecule has 6 heteroatoms. The van der Waals surface area contributed by atoms with Gasteiger partial charge in [-0.15, -0.1) is 0 Å². The molecule has 1 amide bonds. The number of likely N-dealkylation sites (tertiary alicyclic amines) is 1. The Morgan fingerprint density at radius 2 is 1.88 bits per heavy atom. The van der Waals surface area contributed by atoms with Crippen LogP contribution in [-0.2, 0) is 4.79 Å². The third-order valence-corrected chi connectivity index (χ3v) is 5.34. The summed E-state index contributed by atoms with van der Waals surface area (Å²) in [6.45, 7) is 7.70. The van der Waals surface area contributed by atoms with E-state index in [0.717, 1.165) is 51.4 Å². The monoisotopic (exact) mass is 334 g/mol. The summed E-state index contributed by atoms with van der Waals surface area (Å²) in [5, 5.41) is 0. The Hall–Kier alpha value is -1.66. The third kappa shape index (κ3) is 3.70. The molecule has 2 aliphatic rings.